The summed E-state index contributed by atoms with van der Waals surface area (Å²) in [4.78, 5) is 4.18. The SMILES string of the molecule is N#Cc1ccc(N[C@@H]2C[C@H]2c2ccc(F)cc2)nc1. The molecule has 0 radical (unpaired) electrons. The molecule has 1 heterocycles. The van der Waals surface area contributed by atoms with Gasteiger partial charge in [0.1, 0.15) is 17.7 Å². The van der Waals surface area contributed by atoms with Gasteiger partial charge in [-0.05, 0) is 36.2 Å². The molecule has 0 bridgehead atoms. The zero-order chi connectivity index (χ0) is 13.2. The number of aromatic nitrogens is 1. The molecule has 1 aromatic heterocycles. The lowest BCUT2D eigenvalue weighted by Gasteiger charge is -2.05. The molecule has 1 saturated carbocycles. The van der Waals surface area contributed by atoms with E-state index < -0.39 is 0 Å². The summed E-state index contributed by atoms with van der Waals surface area (Å²) in [6, 6.07) is 12.6. The molecular formula is C15H12FN3. The minimum absolute atomic E-state index is 0.206. The average Bonchev–Trinajstić information content (AvgIpc) is 3.20. The number of nitriles is 1. The molecule has 1 aliphatic carbocycles. The van der Waals surface area contributed by atoms with E-state index in [1.807, 2.05) is 18.2 Å². The first-order valence-corrected chi connectivity index (χ1v) is 6.14. The zero-order valence-corrected chi connectivity index (χ0v) is 10.2. The van der Waals surface area contributed by atoms with Crippen molar-refractivity contribution >= 4 is 5.82 Å². The Bertz CT molecular complexity index is 613. The van der Waals surface area contributed by atoms with Gasteiger partial charge in [0.2, 0.25) is 0 Å². The Balaban J connectivity index is 1.64. The highest BCUT2D eigenvalue weighted by atomic mass is 19.1. The van der Waals surface area contributed by atoms with Crippen LogP contribution in [-0.2, 0) is 0 Å². The van der Waals surface area contributed by atoms with Gasteiger partial charge in [0.15, 0.2) is 0 Å². The molecule has 19 heavy (non-hydrogen) atoms. The van der Waals surface area contributed by atoms with Crippen LogP contribution in [0.3, 0.4) is 0 Å². The zero-order valence-electron chi connectivity index (χ0n) is 10.2. The standard InChI is InChI=1S/C15H12FN3/c16-12-4-2-11(3-5-12)13-7-14(13)19-15-6-1-10(8-17)9-18-15/h1-6,9,13-14H,7H2,(H,18,19)/t13-,14+/m0/s1. The summed E-state index contributed by atoms with van der Waals surface area (Å²) in [6.45, 7) is 0. The van der Waals surface area contributed by atoms with Crippen LogP contribution in [0.1, 0.15) is 23.5 Å². The van der Waals surface area contributed by atoms with Crippen LogP contribution >= 0.6 is 0 Å². The van der Waals surface area contributed by atoms with Gasteiger partial charge in [-0.25, -0.2) is 9.37 Å². The fourth-order valence-corrected chi connectivity index (χ4v) is 2.17. The Labute approximate surface area is 110 Å². The number of rotatable bonds is 3. The van der Waals surface area contributed by atoms with E-state index in [0.29, 0.717) is 17.5 Å². The molecule has 0 saturated heterocycles. The predicted octanol–water partition coefficient (Wildman–Crippen LogP) is 3.06. The first-order chi connectivity index (χ1) is 9.26. The number of halogens is 1. The van der Waals surface area contributed by atoms with Gasteiger partial charge < -0.3 is 5.32 Å². The van der Waals surface area contributed by atoms with Gasteiger partial charge in [-0.1, -0.05) is 12.1 Å². The summed E-state index contributed by atoms with van der Waals surface area (Å²) in [5.41, 5.74) is 1.70. The van der Waals surface area contributed by atoms with Gasteiger partial charge in [0, 0.05) is 18.2 Å². The highest BCUT2D eigenvalue weighted by Crippen LogP contribution is 2.42. The molecule has 0 aliphatic heterocycles. The first-order valence-electron chi connectivity index (χ1n) is 6.14. The van der Waals surface area contributed by atoms with Crippen molar-refractivity contribution in [3.05, 3.63) is 59.5 Å². The number of benzene rings is 1. The highest BCUT2D eigenvalue weighted by Gasteiger charge is 2.38. The molecule has 3 rings (SSSR count). The topological polar surface area (TPSA) is 48.7 Å². The molecule has 0 amide bonds. The molecule has 0 unspecified atom stereocenters. The fourth-order valence-electron chi connectivity index (χ4n) is 2.17. The van der Waals surface area contributed by atoms with E-state index in [9.17, 15) is 4.39 Å². The Morgan fingerprint density at radius 3 is 2.63 bits per heavy atom. The molecule has 2 atom stereocenters. The summed E-state index contributed by atoms with van der Waals surface area (Å²) in [7, 11) is 0. The van der Waals surface area contributed by atoms with E-state index in [-0.39, 0.29) is 5.82 Å². The lowest BCUT2D eigenvalue weighted by atomic mass is 10.1. The lowest BCUT2D eigenvalue weighted by molar-refractivity contribution is 0.627. The molecule has 1 fully saturated rings. The van der Waals surface area contributed by atoms with Gasteiger partial charge in [0.05, 0.1) is 5.56 Å². The van der Waals surface area contributed by atoms with Crippen molar-refractivity contribution in [1.29, 1.82) is 5.26 Å². The number of hydrogen-bond acceptors (Lipinski definition) is 3. The normalized spacial score (nSPS) is 20.6. The molecule has 4 heteroatoms. The minimum atomic E-state index is -0.206. The van der Waals surface area contributed by atoms with Gasteiger partial charge in [-0.3, -0.25) is 0 Å². The summed E-state index contributed by atoms with van der Waals surface area (Å²) < 4.78 is 12.8. The highest BCUT2D eigenvalue weighted by molar-refractivity contribution is 5.43. The van der Waals surface area contributed by atoms with Crippen molar-refractivity contribution in [1.82, 2.24) is 4.98 Å². The summed E-state index contributed by atoms with van der Waals surface area (Å²) in [5.74, 6) is 0.981. The number of nitrogens with one attached hydrogen (secondary N) is 1. The third kappa shape index (κ3) is 2.55. The minimum Gasteiger partial charge on any atom is -0.367 e. The van der Waals surface area contributed by atoms with Crippen LogP contribution in [0.5, 0.6) is 0 Å². The molecule has 3 nitrogen and oxygen atoms in total. The summed E-state index contributed by atoms with van der Waals surface area (Å²) >= 11 is 0. The van der Waals surface area contributed by atoms with E-state index >= 15 is 0 Å². The Kier molecular flexibility index (Phi) is 2.88. The maximum Gasteiger partial charge on any atom is 0.126 e. The molecule has 0 spiro atoms. The van der Waals surface area contributed by atoms with Crippen LogP contribution in [0.4, 0.5) is 10.2 Å². The molecule has 1 aliphatic rings. The number of pyridine rings is 1. The average molecular weight is 253 g/mol. The molecule has 2 aromatic rings. The van der Waals surface area contributed by atoms with Gasteiger partial charge in [0.25, 0.3) is 0 Å². The van der Waals surface area contributed by atoms with Gasteiger partial charge in [-0.15, -0.1) is 0 Å². The Morgan fingerprint density at radius 1 is 1.21 bits per heavy atom. The number of nitrogens with zero attached hydrogens (tertiary/aromatic N) is 2. The van der Waals surface area contributed by atoms with E-state index in [2.05, 4.69) is 10.3 Å². The second-order valence-electron chi connectivity index (χ2n) is 4.69. The van der Waals surface area contributed by atoms with Crippen molar-refractivity contribution in [3.8, 4) is 6.07 Å². The number of anilines is 1. The smallest absolute Gasteiger partial charge is 0.126 e. The third-order valence-corrected chi connectivity index (χ3v) is 3.31. The van der Waals surface area contributed by atoms with E-state index in [4.69, 9.17) is 5.26 Å². The van der Waals surface area contributed by atoms with Gasteiger partial charge in [-0.2, -0.15) is 5.26 Å². The molecule has 1 N–H and O–H groups in total. The lowest BCUT2D eigenvalue weighted by Crippen LogP contribution is -2.05. The number of hydrogen-bond donors (Lipinski definition) is 1. The Morgan fingerprint density at radius 2 is 2.00 bits per heavy atom. The fraction of sp³-hybridized carbons (Fsp3) is 0.200. The van der Waals surface area contributed by atoms with Crippen LogP contribution in [0.15, 0.2) is 42.6 Å². The second-order valence-corrected chi connectivity index (χ2v) is 4.69. The van der Waals surface area contributed by atoms with E-state index in [1.54, 1.807) is 18.3 Å². The maximum atomic E-state index is 12.8. The van der Waals surface area contributed by atoms with Crippen LogP contribution in [0.25, 0.3) is 0 Å². The molecular weight excluding hydrogens is 241 g/mol. The predicted molar refractivity (Wildman–Crippen MR) is 70.1 cm³/mol. The van der Waals surface area contributed by atoms with Crippen molar-refractivity contribution in [2.45, 2.75) is 18.4 Å². The summed E-state index contributed by atoms with van der Waals surface area (Å²) in [6.07, 6.45) is 2.57. The second kappa shape index (κ2) is 4.69. The molecule has 1 aromatic carbocycles. The van der Waals surface area contributed by atoms with E-state index in [0.717, 1.165) is 17.8 Å². The van der Waals surface area contributed by atoms with Crippen LogP contribution in [-0.4, -0.2) is 11.0 Å². The first kappa shape index (κ1) is 11.7. The van der Waals surface area contributed by atoms with Crippen LogP contribution in [0.2, 0.25) is 0 Å². The maximum absolute atomic E-state index is 12.8. The Hall–Kier alpha value is -2.41. The van der Waals surface area contributed by atoms with Gasteiger partial charge >= 0.3 is 0 Å². The quantitative estimate of drug-likeness (QED) is 0.914. The van der Waals surface area contributed by atoms with Crippen molar-refractivity contribution in [2.24, 2.45) is 0 Å². The van der Waals surface area contributed by atoms with Crippen molar-refractivity contribution in [2.75, 3.05) is 5.32 Å². The molecule has 94 valence electrons. The monoisotopic (exact) mass is 253 g/mol. The van der Waals surface area contributed by atoms with Crippen LogP contribution < -0.4 is 5.32 Å². The van der Waals surface area contributed by atoms with Crippen LogP contribution in [0, 0.1) is 17.1 Å². The summed E-state index contributed by atoms with van der Waals surface area (Å²) in [5, 5.41) is 12.0. The third-order valence-electron chi connectivity index (χ3n) is 3.31. The van der Waals surface area contributed by atoms with Crippen molar-refractivity contribution < 1.29 is 4.39 Å². The largest absolute Gasteiger partial charge is 0.367 e. The van der Waals surface area contributed by atoms with E-state index in [1.165, 1.54) is 12.1 Å². The van der Waals surface area contributed by atoms with Crippen molar-refractivity contribution in [3.63, 3.8) is 0 Å².